The van der Waals surface area contributed by atoms with Crippen LogP contribution in [0, 0.1) is 19.8 Å². The minimum absolute atomic E-state index is 0.0990. The third-order valence-electron chi connectivity index (χ3n) is 5.25. The van der Waals surface area contributed by atoms with Gasteiger partial charge in [0.15, 0.2) is 6.61 Å². The molecule has 1 atom stereocenters. The molecule has 0 aromatic heterocycles. The number of anilines is 1. The molecular formula is C23H26N2O4. The molecule has 0 aliphatic carbocycles. The second-order valence-electron chi connectivity index (χ2n) is 7.32. The molecular weight excluding hydrogens is 368 g/mol. The van der Waals surface area contributed by atoms with Gasteiger partial charge in [-0.15, -0.1) is 0 Å². The smallest absolute Gasteiger partial charge is 0.311 e. The normalized spacial score (nSPS) is 16.0. The molecule has 0 unspecified atom stereocenters. The molecule has 1 aliphatic heterocycles. The van der Waals surface area contributed by atoms with Crippen LogP contribution in [0.4, 0.5) is 5.69 Å². The number of hydrogen-bond acceptors (Lipinski definition) is 4. The van der Waals surface area contributed by atoms with Crippen LogP contribution in [0.3, 0.4) is 0 Å². The number of ether oxygens (including phenoxy) is 1. The number of esters is 1. The van der Waals surface area contributed by atoms with Crippen LogP contribution in [0.25, 0.3) is 0 Å². The number of nitrogens with one attached hydrogen (secondary N) is 1. The number of rotatable bonds is 7. The molecule has 2 aromatic rings. The fraction of sp³-hybridized carbons (Fsp3) is 0.348. The van der Waals surface area contributed by atoms with Crippen LogP contribution in [0.2, 0.25) is 0 Å². The third-order valence-corrected chi connectivity index (χ3v) is 5.25. The van der Waals surface area contributed by atoms with Crippen molar-refractivity contribution in [3.05, 3.63) is 65.2 Å². The summed E-state index contributed by atoms with van der Waals surface area (Å²) in [4.78, 5) is 38.3. The zero-order chi connectivity index (χ0) is 20.8. The summed E-state index contributed by atoms with van der Waals surface area (Å²) < 4.78 is 5.15. The standard InChI is InChI=1S/C23H26N2O4/c1-16-7-6-10-20(17(16)2)25-14-19(13-22(25)27)23(28)29-15-21(26)24-12-11-18-8-4-3-5-9-18/h3-10,19H,11-15H2,1-2H3,(H,24,26)/t19-/m1/s1. The Bertz CT molecular complexity index is 895. The fourth-order valence-electron chi connectivity index (χ4n) is 3.42. The Morgan fingerprint density at radius 2 is 1.86 bits per heavy atom. The van der Waals surface area contributed by atoms with Crippen LogP contribution >= 0.6 is 0 Å². The molecule has 6 nitrogen and oxygen atoms in total. The zero-order valence-electron chi connectivity index (χ0n) is 16.8. The van der Waals surface area contributed by atoms with Gasteiger partial charge in [0.05, 0.1) is 5.92 Å². The van der Waals surface area contributed by atoms with E-state index in [9.17, 15) is 14.4 Å². The first-order chi connectivity index (χ1) is 14.0. The van der Waals surface area contributed by atoms with E-state index in [1.54, 1.807) is 4.90 Å². The van der Waals surface area contributed by atoms with Crippen molar-refractivity contribution in [1.29, 1.82) is 0 Å². The summed E-state index contributed by atoms with van der Waals surface area (Å²) >= 11 is 0. The molecule has 0 radical (unpaired) electrons. The number of hydrogen-bond donors (Lipinski definition) is 1. The summed E-state index contributed by atoms with van der Waals surface area (Å²) in [6.45, 7) is 4.37. The topological polar surface area (TPSA) is 75.7 Å². The first-order valence-electron chi connectivity index (χ1n) is 9.79. The van der Waals surface area contributed by atoms with Crippen molar-refractivity contribution in [1.82, 2.24) is 5.32 Å². The van der Waals surface area contributed by atoms with Gasteiger partial charge in [-0.05, 0) is 43.0 Å². The number of carbonyl (C=O) groups is 3. The number of carbonyl (C=O) groups excluding carboxylic acids is 3. The SMILES string of the molecule is Cc1cccc(N2C[C@H](C(=O)OCC(=O)NCCc3ccccc3)CC2=O)c1C. The second kappa shape index (κ2) is 9.37. The number of nitrogens with zero attached hydrogens (tertiary/aromatic N) is 1. The highest BCUT2D eigenvalue weighted by Gasteiger charge is 2.36. The monoisotopic (exact) mass is 394 g/mol. The number of aryl methyl sites for hydroxylation is 1. The highest BCUT2D eigenvalue weighted by atomic mass is 16.5. The van der Waals surface area contributed by atoms with Gasteiger partial charge < -0.3 is 15.0 Å². The van der Waals surface area contributed by atoms with E-state index >= 15 is 0 Å². The van der Waals surface area contributed by atoms with Crippen LogP contribution in [0.1, 0.15) is 23.1 Å². The van der Waals surface area contributed by atoms with Crippen LogP contribution < -0.4 is 10.2 Å². The molecule has 1 fully saturated rings. The molecule has 1 N–H and O–H groups in total. The van der Waals surface area contributed by atoms with Gasteiger partial charge in [-0.1, -0.05) is 42.5 Å². The molecule has 0 spiro atoms. The minimum atomic E-state index is -0.556. The van der Waals surface area contributed by atoms with Gasteiger partial charge in [0, 0.05) is 25.2 Å². The van der Waals surface area contributed by atoms with Gasteiger partial charge in [0.2, 0.25) is 5.91 Å². The Morgan fingerprint density at radius 1 is 1.10 bits per heavy atom. The predicted molar refractivity (Wildman–Crippen MR) is 110 cm³/mol. The first-order valence-corrected chi connectivity index (χ1v) is 9.79. The van der Waals surface area contributed by atoms with Crippen LogP contribution in [0.5, 0.6) is 0 Å². The number of benzene rings is 2. The lowest BCUT2D eigenvalue weighted by Gasteiger charge is -2.20. The Labute approximate surface area is 170 Å². The van der Waals surface area contributed by atoms with Crippen molar-refractivity contribution in [3.8, 4) is 0 Å². The van der Waals surface area contributed by atoms with Crippen molar-refractivity contribution < 1.29 is 19.1 Å². The van der Waals surface area contributed by atoms with Crippen LogP contribution in [-0.4, -0.2) is 37.5 Å². The summed E-state index contributed by atoms with van der Waals surface area (Å²) in [6, 6.07) is 15.6. The third kappa shape index (κ3) is 5.22. The predicted octanol–water partition coefficient (Wildman–Crippen LogP) is 2.56. The van der Waals surface area contributed by atoms with Crippen molar-refractivity contribution in [2.24, 2.45) is 5.92 Å². The molecule has 2 amide bonds. The van der Waals surface area contributed by atoms with Crippen LogP contribution in [0.15, 0.2) is 48.5 Å². The van der Waals surface area contributed by atoms with Crippen molar-refractivity contribution >= 4 is 23.5 Å². The van der Waals surface area contributed by atoms with Crippen molar-refractivity contribution in [2.75, 3.05) is 24.6 Å². The van der Waals surface area contributed by atoms with Gasteiger partial charge >= 0.3 is 5.97 Å². The fourth-order valence-corrected chi connectivity index (χ4v) is 3.42. The lowest BCUT2D eigenvalue weighted by molar-refractivity contribution is -0.152. The van der Waals surface area contributed by atoms with Gasteiger partial charge in [-0.25, -0.2) is 0 Å². The highest BCUT2D eigenvalue weighted by molar-refractivity contribution is 6.00. The van der Waals surface area contributed by atoms with Crippen molar-refractivity contribution in [3.63, 3.8) is 0 Å². The molecule has 29 heavy (non-hydrogen) atoms. The summed E-state index contributed by atoms with van der Waals surface area (Å²) in [5.74, 6) is -1.51. The Balaban J connectivity index is 1.45. The average molecular weight is 394 g/mol. The largest absolute Gasteiger partial charge is 0.455 e. The van der Waals surface area contributed by atoms with E-state index < -0.39 is 11.9 Å². The molecule has 3 rings (SSSR count). The molecule has 0 saturated carbocycles. The summed E-state index contributed by atoms with van der Waals surface area (Å²) in [5, 5.41) is 2.74. The second-order valence-corrected chi connectivity index (χ2v) is 7.32. The van der Waals surface area contributed by atoms with E-state index in [4.69, 9.17) is 4.74 Å². The molecule has 1 aliphatic rings. The Hall–Kier alpha value is -3.15. The van der Waals surface area contributed by atoms with Crippen LogP contribution in [-0.2, 0) is 25.5 Å². The maximum Gasteiger partial charge on any atom is 0.311 e. The average Bonchev–Trinajstić information content (AvgIpc) is 3.10. The van der Waals surface area contributed by atoms with E-state index in [2.05, 4.69) is 5.32 Å². The highest BCUT2D eigenvalue weighted by Crippen LogP contribution is 2.29. The zero-order valence-corrected chi connectivity index (χ0v) is 16.8. The quantitative estimate of drug-likeness (QED) is 0.733. The maximum atomic E-state index is 12.4. The summed E-state index contributed by atoms with van der Waals surface area (Å²) in [5.41, 5.74) is 4.06. The molecule has 2 aromatic carbocycles. The minimum Gasteiger partial charge on any atom is -0.455 e. The van der Waals surface area contributed by atoms with Gasteiger partial charge in [0.25, 0.3) is 5.91 Å². The Morgan fingerprint density at radius 3 is 2.62 bits per heavy atom. The first kappa shape index (κ1) is 20.6. The molecule has 0 bridgehead atoms. The maximum absolute atomic E-state index is 12.4. The van der Waals surface area contributed by atoms with E-state index in [0.29, 0.717) is 13.0 Å². The molecule has 152 valence electrons. The van der Waals surface area contributed by atoms with Crippen molar-refractivity contribution in [2.45, 2.75) is 26.7 Å². The van der Waals surface area contributed by atoms with E-state index in [1.807, 2.05) is 62.4 Å². The number of amides is 2. The van der Waals surface area contributed by atoms with Gasteiger partial charge in [-0.3, -0.25) is 14.4 Å². The van der Waals surface area contributed by atoms with Gasteiger partial charge in [-0.2, -0.15) is 0 Å². The Kier molecular flexibility index (Phi) is 6.65. The van der Waals surface area contributed by atoms with E-state index in [1.165, 1.54) is 0 Å². The van der Waals surface area contributed by atoms with E-state index in [-0.39, 0.29) is 31.4 Å². The lowest BCUT2D eigenvalue weighted by Crippen LogP contribution is -2.32. The van der Waals surface area contributed by atoms with E-state index in [0.717, 1.165) is 22.4 Å². The molecule has 1 heterocycles. The van der Waals surface area contributed by atoms with Gasteiger partial charge in [0.1, 0.15) is 0 Å². The molecule has 1 saturated heterocycles. The summed E-state index contributed by atoms with van der Waals surface area (Å²) in [7, 11) is 0. The summed E-state index contributed by atoms with van der Waals surface area (Å²) in [6.07, 6.45) is 0.810. The molecule has 6 heteroatoms. The lowest BCUT2D eigenvalue weighted by atomic mass is 10.1.